The van der Waals surface area contributed by atoms with E-state index in [2.05, 4.69) is 20.3 Å². The molecule has 0 bridgehead atoms. The number of hydrogen-bond acceptors (Lipinski definition) is 5. The lowest BCUT2D eigenvalue weighted by Crippen LogP contribution is -2.35. The molecule has 0 atom stereocenters. The Bertz CT molecular complexity index is 1110. The topological polar surface area (TPSA) is 110 Å². The Morgan fingerprint density at radius 3 is 2.62 bits per heavy atom. The summed E-state index contributed by atoms with van der Waals surface area (Å²) in [5.41, 5.74) is 1.85. The van der Waals surface area contributed by atoms with E-state index >= 15 is 0 Å². The molecule has 2 aromatic heterocycles. The van der Waals surface area contributed by atoms with Crippen LogP contribution < -0.4 is 16.6 Å². The maximum atomic E-state index is 12.6. The van der Waals surface area contributed by atoms with E-state index in [9.17, 15) is 14.4 Å². The Balaban J connectivity index is 2.20. The highest BCUT2D eigenvalue weighted by Gasteiger charge is 2.13. The number of aromatic nitrogens is 4. The van der Waals surface area contributed by atoms with Crippen LogP contribution in [-0.4, -0.2) is 25.4 Å². The van der Waals surface area contributed by atoms with Crippen molar-refractivity contribution in [2.45, 2.75) is 46.6 Å². The average molecular weight is 355 g/mol. The number of nitrogens with one attached hydrogen (secondary N) is 2. The van der Waals surface area contributed by atoms with Gasteiger partial charge in [-0.2, -0.15) is 0 Å². The van der Waals surface area contributed by atoms with Crippen LogP contribution >= 0.6 is 0 Å². The first-order chi connectivity index (χ1) is 12.4. The molecule has 2 heterocycles. The Morgan fingerprint density at radius 2 is 1.92 bits per heavy atom. The molecule has 1 amide bonds. The van der Waals surface area contributed by atoms with Gasteiger partial charge in [-0.1, -0.05) is 20.3 Å². The summed E-state index contributed by atoms with van der Waals surface area (Å²) in [6, 6.07) is 3.47. The average Bonchev–Trinajstić information content (AvgIpc) is 2.61. The highest BCUT2D eigenvalue weighted by molar-refractivity contribution is 5.95. The van der Waals surface area contributed by atoms with Crippen molar-refractivity contribution in [1.82, 2.24) is 19.5 Å². The maximum Gasteiger partial charge on any atom is 0.330 e. The molecule has 8 nitrogen and oxygen atoms in total. The number of aromatic amines is 1. The molecule has 0 unspecified atom stereocenters. The highest BCUT2D eigenvalue weighted by Crippen LogP contribution is 2.22. The monoisotopic (exact) mass is 355 g/mol. The van der Waals surface area contributed by atoms with Gasteiger partial charge in [0.2, 0.25) is 5.91 Å². The third-order valence-electron chi connectivity index (χ3n) is 4.26. The fourth-order valence-electron chi connectivity index (χ4n) is 2.72. The molecule has 3 rings (SSSR count). The summed E-state index contributed by atoms with van der Waals surface area (Å²) in [6.45, 7) is 5.96. The fraction of sp³-hybridized carbons (Fsp3) is 0.389. The van der Waals surface area contributed by atoms with Crippen molar-refractivity contribution in [3.05, 3.63) is 38.5 Å². The number of amides is 1. The van der Waals surface area contributed by atoms with Gasteiger partial charge in [0, 0.05) is 18.7 Å². The maximum absolute atomic E-state index is 12.6. The molecular weight excluding hydrogens is 334 g/mol. The molecule has 0 aliphatic carbocycles. The molecular formula is C18H21N5O3. The predicted octanol–water partition coefficient (Wildman–Crippen LogP) is 2.09. The molecule has 0 saturated carbocycles. The van der Waals surface area contributed by atoms with Gasteiger partial charge in [0.15, 0.2) is 11.2 Å². The third-order valence-corrected chi connectivity index (χ3v) is 4.26. The van der Waals surface area contributed by atoms with Crippen molar-refractivity contribution in [1.29, 1.82) is 0 Å². The number of nitrogens with zero attached hydrogens (tertiary/aromatic N) is 3. The number of benzene rings is 1. The Hall–Kier alpha value is -3.03. The summed E-state index contributed by atoms with van der Waals surface area (Å²) in [7, 11) is 0. The van der Waals surface area contributed by atoms with E-state index in [1.807, 2.05) is 13.8 Å². The van der Waals surface area contributed by atoms with Crippen molar-refractivity contribution in [3.8, 4) is 0 Å². The summed E-state index contributed by atoms with van der Waals surface area (Å²) >= 11 is 0. The van der Waals surface area contributed by atoms with Crippen molar-refractivity contribution in [3.63, 3.8) is 0 Å². The van der Waals surface area contributed by atoms with Gasteiger partial charge in [0.25, 0.3) is 5.56 Å². The van der Waals surface area contributed by atoms with E-state index in [0.29, 0.717) is 29.7 Å². The van der Waals surface area contributed by atoms with Crippen molar-refractivity contribution < 1.29 is 4.79 Å². The number of hydrogen-bond donors (Lipinski definition) is 2. The second-order valence-corrected chi connectivity index (χ2v) is 6.22. The molecule has 136 valence electrons. The van der Waals surface area contributed by atoms with Gasteiger partial charge in [-0.15, -0.1) is 0 Å². The molecule has 0 saturated heterocycles. The predicted molar refractivity (Wildman–Crippen MR) is 100 cm³/mol. The summed E-state index contributed by atoms with van der Waals surface area (Å²) in [5, 5.41) is 2.81. The Morgan fingerprint density at radius 1 is 1.19 bits per heavy atom. The van der Waals surface area contributed by atoms with Gasteiger partial charge >= 0.3 is 5.69 Å². The molecule has 0 aliphatic rings. The molecule has 0 radical (unpaired) electrons. The second-order valence-electron chi connectivity index (χ2n) is 6.22. The summed E-state index contributed by atoms with van der Waals surface area (Å²) in [5.74, 6) is -0.103. The van der Waals surface area contributed by atoms with Crippen LogP contribution in [0.3, 0.4) is 0 Å². The van der Waals surface area contributed by atoms with E-state index in [1.54, 1.807) is 19.1 Å². The minimum Gasteiger partial charge on any atom is -0.326 e. The minimum atomic E-state index is -0.490. The molecule has 0 fully saturated rings. The van der Waals surface area contributed by atoms with Crippen LogP contribution in [0.25, 0.3) is 22.2 Å². The molecule has 3 aromatic rings. The van der Waals surface area contributed by atoms with E-state index in [0.717, 1.165) is 23.0 Å². The van der Waals surface area contributed by atoms with Crippen molar-refractivity contribution in [2.24, 2.45) is 0 Å². The van der Waals surface area contributed by atoms with Crippen molar-refractivity contribution >= 4 is 33.8 Å². The van der Waals surface area contributed by atoms with Gasteiger partial charge in [-0.05, 0) is 31.0 Å². The first-order valence-electron chi connectivity index (χ1n) is 8.69. The minimum absolute atomic E-state index is 0.103. The van der Waals surface area contributed by atoms with Crippen molar-refractivity contribution in [2.75, 3.05) is 5.32 Å². The number of H-pyrrole nitrogens is 1. The number of anilines is 1. The van der Waals surface area contributed by atoms with Gasteiger partial charge in [-0.25, -0.2) is 14.8 Å². The molecule has 0 spiro atoms. The normalized spacial score (nSPS) is 11.2. The van der Waals surface area contributed by atoms with Gasteiger partial charge in [-0.3, -0.25) is 19.1 Å². The van der Waals surface area contributed by atoms with Crippen LogP contribution in [0.15, 0.2) is 21.7 Å². The fourth-order valence-corrected chi connectivity index (χ4v) is 2.72. The number of aryl methyl sites for hydroxylation is 1. The van der Waals surface area contributed by atoms with Crippen LogP contribution in [0.1, 0.15) is 38.7 Å². The van der Waals surface area contributed by atoms with Crippen LogP contribution in [0.4, 0.5) is 5.69 Å². The molecule has 26 heavy (non-hydrogen) atoms. The standard InChI is InChI=1S/C18H21N5O3/c1-4-6-7-23-17(25)15-16(22-18(23)26)21-13-9-11(19-14(24)5-2)10(3)8-12(13)20-15/h8-9H,4-7H2,1-3H3,(H,19,24)(H,21,22,26). The smallest absolute Gasteiger partial charge is 0.326 e. The van der Waals surface area contributed by atoms with Gasteiger partial charge in [0.05, 0.1) is 11.0 Å². The first kappa shape index (κ1) is 17.8. The second kappa shape index (κ2) is 7.07. The zero-order valence-electron chi connectivity index (χ0n) is 15.0. The number of carbonyl (C=O) groups excluding carboxylic acids is 1. The van der Waals surface area contributed by atoms with E-state index in [1.165, 1.54) is 0 Å². The molecule has 0 aliphatic heterocycles. The van der Waals surface area contributed by atoms with Gasteiger partial charge in [0.1, 0.15) is 0 Å². The molecule has 2 N–H and O–H groups in total. The lowest BCUT2D eigenvalue weighted by molar-refractivity contribution is -0.115. The number of rotatable bonds is 5. The quantitative estimate of drug-likeness (QED) is 0.681. The summed E-state index contributed by atoms with van der Waals surface area (Å²) < 4.78 is 1.16. The number of fused-ring (bicyclic) bond motifs is 2. The zero-order chi connectivity index (χ0) is 18.8. The SMILES string of the molecule is CCCCn1c(=O)[nH]c2nc3cc(NC(=O)CC)c(C)cc3nc2c1=O. The van der Waals surface area contributed by atoms with E-state index in [4.69, 9.17) is 0 Å². The van der Waals surface area contributed by atoms with E-state index < -0.39 is 11.2 Å². The van der Waals surface area contributed by atoms with Gasteiger partial charge < -0.3 is 5.32 Å². The van der Waals surface area contributed by atoms with Crippen LogP contribution in [0.2, 0.25) is 0 Å². The third kappa shape index (κ3) is 3.22. The van der Waals surface area contributed by atoms with Crippen LogP contribution in [0.5, 0.6) is 0 Å². The van der Waals surface area contributed by atoms with E-state index in [-0.39, 0.29) is 17.1 Å². The van der Waals surface area contributed by atoms with Crippen LogP contribution in [0, 0.1) is 6.92 Å². The Labute approximate surface area is 149 Å². The Kier molecular flexibility index (Phi) is 4.83. The lowest BCUT2D eigenvalue weighted by Gasteiger charge is -2.10. The summed E-state index contributed by atoms with van der Waals surface area (Å²) in [4.78, 5) is 47.9. The lowest BCUT2D eigenvalue weighted by atomic mass is 10.1. The number of carbonyl (C=O) groups is 1. The molecule has 8 heteroatoms. The summed E-state index contributed by atoms with van der Waals surface area (Å²) in [6.07, 6.45) is 1.97. The van der Waals surface area contributed by atoms with Crippen LogP contribution in [-0.2, 0) is 11.3 Å². The largest absolute Gasteiger partial charge is 0.330 e. The highest BCUT2D eigenvalue weighted by atomic mass is 16.2. The number of unbranched alkanes of at least 4 members (excludes halogenated alkanes) is 1. The molecule has 1 aromatic carbocycles. The zero-order valence-corrected chi connectivity index (χ0v) is 15.0. The first-order valence-corrected chi connectivity index (χ1v) is 8.69.